The second-order valence-electron chi connectivity index (χ2n) is 2.37. The van der Waals surface area contributed by atoms with Crippen LogP contribution < -0.4 is 22.9 Å². The first-order chi connectivity index (χ1) is 5.37. The lowest BCUT2D eigenvalue weighted by molar-refractivity contribution is -0.162. The average Bonchev–Trinajstić information content (AvgIpc) is 1.99. The number of rotatable bonds is 0. The lowest BCUT2D eigenvalue weighted by atomic mass is 10.1. The van der Waals surface area contributed by atoms with Crippen molar-refractivity contribution in [3.8, 4) is 0 Å². The number of ether oxygens (including phenoxy) is 1. The van der Waals surface area contributed by atoms with E-state index in [1.165, 1.54) is 0 Å². The number of nitrogens with two attached hydrogens (primary N) is 4. The second-order valence-corrected chi connectivity index (χ2v) is 2.37. The first kappa shape index (κ1) is 8.50. The molecule has 0 saturated heterocycles. The molecule has 66 valence electrons. The molecule has 0 atom stereocenters. The summed E-state index contributed by atoms with van der Waals surface area (Å²) in [6.45, 7) is 0. The fourth-order valence-electron chi connectivity index (χ4n) is 0.666. The summed E-state index contributed by atoms with van der Waals surface area (Å²) < 4.78 is 4.09. The average molecular weight is 172 g/mol. The number of carbonyl (C=O) groups is 2. The van der Waals surface area contributed by atoms with Gasteiger partial charge in [0.05, 0.1) is 5.70 Å². The van der Waals surface area contributed by atoms with Crippen LogP contribution in [0.25, 0.3) is 0 Å². The molecule has 1 heterocycles. The maximum Gasteiger partial charge on any atom is 0.363 e. The van der Waals surface area contributed by atoms with Crippen molar-refractivity contribution in [2.24, 2.45) is 22.9 Å². The summed E-state index contributed by atoms with van der Waals surface area (Å²) in [5, 5.41) is 0. The first-order valence-electron chi connectivity index (χ1n) is 2.97. The van der Waals surface area contributed by atoms with Crippen LogP contribution in [0.4, 0.5) is 0 Å². The van der Waals surface area contributed by atoms with Crippen LogP contribution in [-0.4, -0.2) is 17.6 Å². The van der Waals surface area contributed by atoms with Crippen molar-refractivity contribution in [1.82, 2.24) is 0 Å². The van der Waals surface area contributed by atoms with Crippen LogP contribution in [0.1, 0.15) is 0 Å². The van der Waals surface area contributed by atoms with Gasteiger partial charge in [-0.2, -0.15) is 0 Å². The highest BCUT2D eigenvalue weighted by Crippen LogP contribution is 2.13. The van der Waals surface area contributed by atoms with Gasteiger partial charge >= 0.3 is 11.9 Å². The topological polar surface area (TPSA) is 147 Å². The van der Waals surface area contributed by atoms with Gasteiger partial charge in [0.15, 0.2) is 0 Å². The van der Waals surface area contributed by atoms with E-state index >= 15 is 0 Å². The van der Waals surface area contributed by atoms with Gasteiger partial charge in [0, 0.05) is 0 Å². The van der Waals surface area contributed by atoms with E-state index in [2.05, 4.69) is 4.74 Å². The maximum absolute atomic E-state index is 10.8. The Morgan fingerprint density at radius 3 is 2.17 bits per heavy atom. The predicted octanol–water partition coefficient (Wildman–Crippen LogP) is -3.19. The van der Waals surface area contributed by atoms with Crippen LogP contribution in [0.2, 0.25) is 0 Å². The Bertz CT molecular complexity index is 293. The minimum absolute atomic E-state index is 0.372. The Kier molecular flexibility index (Phi) is 1.55. The number of cyclic esters (lactones) is 2. The van der Waals surface area contributed by atoms with Crippen molar-refractivity contribution in [3.63, 3.8) is 0 Å². The molecule has 0 amide bonds. The third-order valence-electron chi connectivity index (χ3n) is 1.48. The Morgan fingerprint density at radius 2 is 1.67 bits per heavy atom. The summed E-state index contributed by atoms with van der Waals surface area (Å²) in [4.78, 5) is 21.5. The first-order valence-corrected chi connectivity index (χ1v) is 2.97. The maximum atomic E-state index is 10.8. The van der Waals surface area contributed by atoms with E-state index in [1.807, 2.05) is 0 Å². The van der Waals surface area contributed by atoms with Gasteiger partial charge < -0.3 is 16.2 Å². The van der Waals surface area contributed by atoms with E-state index in [0.29, 0.717) is 0 Å². The minimum atomic E-state index is -2.00. The summed E-state index contributed by atoms with van der Waals surface area (Å²) in [6, 6.07) is 0. The fraction of sp³-hybridized carbons (Fsp3) is 0.200. The molecule has 7 heteroatoms. The van der Waals surface area contributed by atoms with Crippen molar-refractivity contribution < 1.29 is 14.3 Å². The van der Waals surface area contributed by atoms with E-state index in [1.54, 1.807) is 0 Å². The SMILES string of the molecule is NC1=C(N)C(N)(N)C(=O)OC1=O. The molecule has 0 saturated carbocycles. The summed E-state index contributed by atoms with van der Waals surface area (Å²) in [5.74, 6) is -2.14. The van der Waals surface area contributed by atoms with Gasteiger partial charge in [0.2, 0.25) is 5.66 Å². The zero-order valence-corrected chi connectivity index (χ0v) is 6.03. The quantitative estimate of drug-likeness (QED) is 0.171. The van der Waals surface area contributed by atoms with Crippen LogP contribution in [0.3, 0.4) is 0 Å². The Balaban J connectivity index is 3.25. The normalized spacial score (nSPS) is 22.5. The molecule has 12 heavy (non-hydrogen) atoms. The molecule has 0 fully saturated rings. The standard InChI is InChI=1S/C5H8N4O3/c6-1-2(7)5(8,9)4(11)12-3(1)10/h6-9H2. The second kappa shape index (κ2) is 2.19. The van der Waals surface area contributed by atoms with Crippen LogP contribution >= 0.6 is 0 Å². The predicted molar refractivity (Wildman–Crippen MR) is 37.6 cm³/mol. The van der Waals surface area contributed by atoms with Gasteiger partial charge in [-0.15, -0.1) is 0 Å². The Hall–Kier alpha value is -1.60. The molecular formula is C5H8N4O3. The molecule has 0 aliphatic carbocycles. The number of carbonyl (C=O) groups excluding carboxylic acids is 2. The molecule has 7 nitrogen and oxygen atoms in total. The van der Waals surface area contributed by atoms with Crippen molar-refractivity contribution in [2.45, 2.75) is 5.66 Å². The van der Waals surface area contributed by atoms with Crippen molar-refractivity contribution >= 4 is 11.9 Å². The van der Waals surface area contributed by atoms with Gasteiger partial charge in [-0.25, -0.2) is 9.59 Å². The zero-order chi connectivity index (χ0) is 9.52. The number of esters is 2. The van der Waals surface area contributed by atoms with E-state index in [0.717, 1.165) is 0 Å². The molecule has 1 rings (SSSR count). The van der Waals surface area contributed by atoms with E-state index < -0.39 is 23.3 Å². The highest BCUT2D eigenvalue weighted by molar-refractivity contribution is 6.04. The van der Waals surface area contributed by atoms with Gasteiger partial charge in [0.25, 0.3) is 0 Å². The van der Waals surface area contributed by atoms with Gasteiger partial charge in [-0.1, -0.05) is 0 Å². The molecule has 0 bridgehead atoms. The fourth-order valence-corrected chi connectivity index (χ4v) is 0.666. The van der Waals surface area contributed by atoms with E-state index in [9.17, 15) is 9.59 Å². The minimum Gasteiger partial charge on any atom is -0.397 e. The summed E-state index contributed by atoms with van der Waals surface area (Å²) in [7, 11) is 0. The zero-order valence-electron chi connectivity index (χ0n) is 6.03. The van der Waals surface area contributed by atoms with Gasteiger partial charge in [-0.3, -0.25) is 11.5 Å². The monoisotopic (exact) mass is 172 g/mol. The lowest BCUT2D eigenvalue weighted by Crippen LogP contribution is -2.64. The molecule has 0 spiro atoms. The molecule has 0 unspecified atom stereocenters. The molecule has 8 N–H and O–H groups in total. The van der Waals surface area contributed by atoms with E-state index in [-0.39, 0.29) is 5.70 Å². The smallest absolute Gasteiger partial charge is 0.363 e. The van der Waals surface area contributed by atoms with E-state index in [4.69, 9.17) is 22.9 Å². The highest BCUT2D eigenvalue weighted by atomic mass is 16.6. The molecule has 1 aliphatic heterocycles. The summed E-state index contributed by atoms with van der Waals surface area (Å²) >= 11 is 0. The molecule has 0 aromatic rings. The number of hydrogen-bond donors (Lipinski definition) is 4. The molecule has 0 radical (unpaired) electrons. The summed E-state index contributed by atoms with van der Waals surface area (Å²) in [6.07, 6.45) is 0. The Labute approximate surface area is 67.3 Å². The van der Waals surface area contributed by atoms with Crippen molar-refractivity contribution in [3.05, 3.63) is 11.4 Å². The highest BCUT2D eigenvalue weighted by Gasteiger charge is 2.43. The van der Waals surface area contributed by atoms with Crippen molar-refractivity contribution in [1.29, 1.82) is 0 Å². The largest absolute Gasteiger partial charge is 0.397 e. The van der Waals surface area contributed by atoms with Crippen LogP contribution in [0.15, 0.2) is 11.4 Å². The summed E-state index contributed by atoms with van der Waals surface area (Å²) in [5.41, 5.74) is 18.0. The van der Waals surface area contributed by atoms with Gasteiger partial charge in [-0.05, 0) is 0 Å². The third kappa shape index (κ3) is 0.917. The number of hydrogen-bond acceptors (Lipinski definition) is 7. The van der Waals surface area contributed by atoms with Crippen molar-refractivity contribution in [2.75, 3.05) is 0 Å². The molecular weight excluding hydrogens is 164 g/mol. The van der Waals surface area contributed by atoms with Gasteiger partial charge in [0.1, 0.15) is 5.70 Å². The molecule has 0 aromatic heterocycles. The van der Waals surface area contributed by atoms with Crippen LogP contribution in [0.5, 0.6) is 0 Å². The molecule has 0 aromatic carbocycles. The third-order valence-corrected chi connectivity index (χ3v) is 1.48. The van der Waals surface area contributed by atoms with Crippen LogP contribution in [-0.2, 0) is 14.3 Å². The Morgan fingerprint density at radius 1 is 1.17 bits per heavy atom. The van der Waals surface area contributed by atoms with Crippen LogP contribution in [0, 0.1) is 0 Å². The molecule has 1 aliphatic rings. The lowest BCUT2D eigenvalue weighted by Gasteiger charge is -2.26.